The van der Waals surface area contributed by atoms with Crippen molar-refractivity contribution < 1.29 is 4.79 Å². The van der Waals surface area contributed by atoms with Gasteiger partial charge in [0.25, 0.3) is 0 Å². The van der Waals surface area contributed by atoms with Crippen LogP contribution >= 0.6 is 0 Å². The van der Waals surface area contributed by atoms with Crippen molar-refractivity contribution in [3.05, 3.63) is 11.6 Å². The maximum Gasteiger partial charge on any atom is 0.223 e. The predicted octanol–water partition coefficient (Wildman–Crippen LogP) is 0.174. The van der Waals surface area contributed by atoms with Crippen LogP contribution in [0.5, 0.6) is 0 Å². The summed E-state index contributed by atoms with van der Waals surface area (Å²) in [6.07, 6.45) is 4.50. The SMILES string of the molecule is NCCCC(=O)N1CCCCC1c1nnc2n1CCNC2. The highest BCUT2D eigenvalue weighted by Crippen LogP contribution is 2.31. The van der Waals surface area contributed by atoms with E-state index in [-0.39, 0.29) is 11.9 Å². The van der Waals surface area contributed by atoms with Gasteiger partial charge < -0.3 is 20.5 Å². The van der Waals surface area contributed by atoms with E-state index in [2.05, 4.69) is 20.1 Å². The van der Waals surface area contributed by atoms with Gasteiger partial charge in [0.05, 0.1) is 12.6 Å². The van der Waals surface area contributed by atoms with Crippen molar-refractivity contribution in [3.63, 3.8) is 0 Å². The molecule has 1 atom stereocenters. The number of aromatic nitrogens is 3. The van der Waals surface area contributed by atoms with Crippen molar-refractivity contribution >= 4 is 5.91 Å². The summed E-state index contributed by atoms with van der Waals surface area (Å²) < 4.78 is 2.19. The van der Waals surface area contributed by atoms with Crippen LogP contribution in [0, 0.1) is 0 Å². The second-order valence-electron chi connectivity index (χ2n) is 5.79. The minimum Gasteiger partial charge on any atom is -0.332 e. The zero-order chi connectivity index (χ0) is 14.7. The van der Waals surface area contributed by atoms with Crippen LogP contribution in [-0.2, 0) is 17.9 Å². The second kappa shape index (κ2) is 6.53. The Bertz CT molecular complexity index is 500. The normalized spacial score (nSPS) is 22.1. The first-order chi connectivity index (χ1) is 10.3. The summed E-state index contributed by atoms with van der Waals surface area (Å²) in [5, 5.41) is 12.0. The van der Waals surface area contributed by atoms with Crippen molar-refractivity contribution in [2.45, 2.75) is 51.2 Å². The monoisotopic (exact) mass is 292 g/mol. The number of nitrogens with zero attached hydrogens (tertiary/aromatic N) is 4. The first-order valence-electron chi connectivity index (χ1n) is 7.93. The highest BCUT2D eigenvalue weighted by molar-refractivity contribution is 5.76. The van der Waals surface area contributed by atoms with Crippen LogP contribution in [0.2, 0.25) is 0 Å². The molecular formula is C14H24N6O. The van der Waals surface area contributed by atoms with E-state index < -0.39 is 0 Å². The highest BCUT2D eigenvalue weighted by Gasteiger charge is 2.32. The molecule has 0 saturated carbocycles. The molecule has 21 heavy (non-hydrogen) atoms. The van der Waals surface area contributed by atoms with Crippen LogP contribution < -0.4 is 11.1 Å². The number of hydrogen-bond acceptors (Lipinski definition) is 5. The first kappa shape index (κ1) is 14.5. The standard InChI is InChI=1S/C14H24N6O/c15-6-3-5-13(21)19-8-2-1-4-11(19)14-18-17-12-10-16-7-9-20(12)14/h11,16H,1-10,15H2. The molecule has 0 aromatic carbocycles. The molecule has 1 saturated heterocycles. The third-order valence-electron chi connectivity index (χ3n) is 4.37. The Kier molecular flexibility index (Phi) is 4.50. The molecule has 3 rings (SSSR count). The molecule has 7 nitrogen and oxygen atoms in total. The minimum absolute atomic E-state index is 0.0865. The van der Waals surface area contributed by atoms with Crippen LogP contribution in [0.15, 0.2) is 0 Å². The molecule has 3 heterocycles. The molecule has 2 aliphatic heterocycles. The fourth-order valence-corrected chi connectivity index (χ4v) is 3.26. The molecule has 116 valence electrons. The smallest absolute Gasteiger partial charge is 0.223 e. The van der Waals surface area contributed by atoms with Crippen molar-refractivity contribution in [1.82, 2.24) is 25.0 Å². The zero-order valence-corrected chi connectivity index (χ0v) is 12.4. The number of piperidine rings is 1. The summed E-state index contributed by atoms with van der Waals surface area (Å²) in [6.45, 7) is 3.98. The summed E-state index contributed by atoms with van der Waals surface area (Å²) in [5.74, 6) is 2.15. The first-order valence-corrected chi connectivity index (χ1v) is 7.93. The van der Waals surface area contributed by atoms with Gasteiger partial charge in [-0.15, -0.1) is 10.2 Å². The number of rotatable bonds is 4. The Balaban J connectivity index is 1.80. The molecule has 0 radical (unpaired) electrons. The van der Waals surface area contributed by atoms with Gasteiger partial charge >= 0.3 is 0 Å². The van der Waals surface area contributed by atoms with Crippen LogP contribution in [0.3, 0.4) is 0 Å². The number of fused-ring (bicyclic) bond motifs is 1. The van der Waals surface area contributed by atoms with Gasteiger partial charge in [0.2, 0.25) is 5.91 Å². The van der Waals surface area contributed by atoms with E-state index in [0.717, 1.165) is 63.5 Å². The summed E-state index contributed by atoms with van der Waals surface area (Å²) in [6, 6.07) is 0.0865. The van der Waals surface area contributed by atoms with E-state index in [1.807, 2.05) is 4.90 Å². The molecule has 1 aromatic rings. The predicted molar refractivity (Wildman–Crippen MR) is 78.3 cm³/mol. The summed E-state index contributed by atoms with van der Waals surface area (Å²) in [5.41, 5.74) is 5.52. The van der Waals surface area contributed by atoms with Gasteiger partial charge in [-0.1, -0.05) is 0 Å². The fraction of sp³-hybridized carbons (Fsp3) is 0.786. The van der Waals surface area contributed by atoms with E-state index in [1.165, 1.54) is 0 Å². The minimum atomic E-state index is 0.0865. The van der Waals surface area contributed by atoms with Crippen molar-refractivity contribution in [2.24, 2.45) is 5.73 Å². The number of carbonyl (C=O) groups excluding carboxylic acids is 1. The molecule has 0 spiro atoms. The Hall–Kier alpha value is -1.47. The molecule has 1 aromatic heterocycles. The average Bonchev–Trinajstić information content (AvgIpc) is 2.96. The largest absolute Gasteiger partial charge is 0.332 e. The molecular weight excluding hydrogens is 268 g/mol. The van der Waals surface area contributed by atoms with Crippen LogP contribution in [0.1, 0.15) is 49.8 Å². The summed E-state index contributed by atoms with van der Waals surface area (Å²) in [7, 11) is 0. The Morgan fingerprint density at radius 3 is 3.10 bits per heavy atom. The van der Waals surface area contributed by atoms with Crippen LogP contribution in [0.25, 0.3) is 0 Å². The van der Waals surface area contributed by atoms with Crippen molar-refractivity contribution in [2.75, 3.05) is 19.6 Å². The third kappa shape index (κ3) is 2.94. The fourth-order valence-electron chi connectivity index (χ4n) is 3.26. The molecule has 1 amide bonds. The number of nitrogens with one attached hydrogen (secondary N) is 1. The van der Waals surface area contributed by atoms with Gasteiger partial charge in [0, 0.05) is 26.1 Å². The van der Waals surface area contributed by atoms with Crippen LogP contribution in [0.4, 0.5) is 0 Å². The Morgan fingerprint density at radius 1 is 1.33 bits per heavy atom. The second-order valence-corrected chi connectivity index (χ2v) is 5.79. The highest BCUT2D eigenvalue weighted by atomic mass is 16.2. The van der Waals surface area contributed by atoms with Gasteiger partial charge in [-0.2, -0.15) is 0 Å². The number of carbonyl (C=O) groups is 1. The Morgan fingerprint density at radius 2 is 2.24 bits per heavy atom. The van der Waals surface area contributed by atoms with Gasteiger partial charge in [-0.3, -0.25) is 4.79 Å². The van der Waals surface area contributed by atoms with Crippen molar-refractivity contribution in [1.29, 1.82) is 0 Å². The van der Waals surface area contributed by atoms with Gasteiger partial charge in [-0.25, -0.2) is 0 Å². The summed E-state index contributed by atoms with van der Waals surface area (Å²) in [4.78, 5) is 14.4. The van der Waals surface area contributed by atoms with E-state index in [1.54, 1.807) is 0 Å². The molecule has 1 unspecified atom stereocenters. The Labute approximate surface area is 124 Å². The third-order valence-corrected chi connectivity index (χ3v) is 4.37. The van der Waals surface area contributed by atoms with Crippen molar-refractivity contribution in [3.8, 4) is 0 Å². The lowest BCUT2D eigenvalue weighted by Crippen LogP contribution is -2.40. The molecule has 0 bridgehead atoms. The lowest BCUT2D eigenvalue weighted by molar-refractivity contribution is -0.135. The van der Waals surface area contributed by atoms with Gasteiger partial charge in [0.1, 0.15) is 5.82 Å². The molecule has 2 aliphatic rings. The maximum atomic E-state index is 12.4. The molecule has 0 aliphatic carbocycles. The topological polar surface area (TPSA) is 89.1 Å². The van der Waals surface area contributed by atoms with E-state index in [0.29, 0.717) is 13.0 Å². The number of nitrogens with two attached hydrogens (primary N) is 1. The molecule has 3 N–H and O–H groups in total. The number of amides is 1. The van der Waals surface area contributed by atoms with Gasteiger partial charge in [-0.05, 0) is 32.2 Å². The number of hydrogen-bond donors (Lipinski definition) is 2. The van der Waals surface area contributed by atoms with E-state index in [9.17, 15) is 4.79 Å². The molecule has 1 fully saturated rings. The maximum absolute atomic E-state index is 12.4. The zero-order valence-electron chi connectivity index (χ0n) is 12.4. The lowest BCUT2D eigenvalue weighted by Gasteiger charge is -2.35. The lowest BCUT2D eigenvalue weighted by atomic mass is 10.0. The van der Waals surface area contributed by atoms with E-state index in [4.69, 9.17) is 5.73 Å². The van der Waals surface area contributed by atoms with E-state index >= 15 is 0 Å². The van der Waals surface area contributed by atoms with Gasteiger partial charge in [0.15, 0.2) is 5.82 Å². The summed E-state index contributed by atoms with van der Waals surface area (Å²) >= 11 is 0. The average molecular weight is 292 g/mol. The number of likely N-dealkylation sites (tertiary alicyclic amines) is 1. The van der Waals surface area contributed by atoms with Crippen LogP contribution in [-0.4, -0.2) is 45.2 Å². The molecule has 7 heteroatoms. The quantitative estimate of drug-likeness (QED) is 0.826.